The van der Waals surface area contributed by atoms with E-state index in [1.54, 1.807) is 4.57 Å². The Morgan fingerprint density at radius 1 is 1.31 bits per heavy atom. The number of nitrogens with zero attached hydrogens (tertiary/aromatic N) is 5. The highest BCUT2D eigenvalue weighted by molar-refractivity contribution is 7.99. The number of nitriles is 1. The molecule has 0 saturated heterocycles. The predicted molar refractivity (Wildman–Crippen MR) is 101 cm³/mol. The van der Waals surface area contributed by atoms with Crippen LogP contribution in [0.3, 0.4) is 0 Å². The van der Waals surface area contributed by atoms with Gasteiger partial charge in [-0.15, -0.1) is 11.8 Å². The minimum absolute atomic E-state index is 0.0684. The average Bonchev–Trinajstić information content (AvgIpc) is 3.41. The normalized spacial score (nSPS) is 15.4. The second kappa shape index (κ2) is 6.88. The van der Waals surface area contributed by atoms with Crippen LogP contribution in [0.4, 0.5) is 0 Å². The smallest absolute Gasteiger partial charge is 0.277 e. The summed E-state index contributed by atoms with van der Waals surface area (Å²) in [5.41, 5.74) is -0.632. The van der Waals surface area contributed by atoms with E-state index in [2.05, 4.69) is 16.0 Å². The van der Waals surface area contributed by atoms with E-state index in [4.69, 9.17) is 0 Å². The largest absolute Gasteiger partial charge is 0.332 e. The lowest BCUT2D eigenvalue weighted by molar-refractivity contribution is 0.603. The first-order chi connectivity index (χ1) is 12.3. The van der Waals surface area contributed by atoms with Crippen LogP contribution in [-0.2, 0) is 13.6 Å². The SMILES string of the molecule is CCCn1c(=O)n(C)c(=O)c2c(SCC3(C#N)CC3)nc(C(C)C)nc21. The number of hydrogen-bond acceptors (Lipinski definition) is 6. The molecule has 138 valence electrons. The molecular formula is C18H23N5O2S. The molecular weight excluding hydrogens is 350 g/mol. The third-order valence-electron chi connectivity index (χ3n) is 4.71. The zero-order valence-electron chi connectivity index (χ0n) is 15.6. The van der Waals surface area contributed by atoms with Crippen molar-refractivity contribution in [2.24, 2.45) is 12.5 Å². The van der Waals surface area contributed by atoms with E-state index in [1.165, 1.54) is 18.8 Å². The summed E-state index contributed by atoms with van der Waals surface area (Å²) in [7, 11) is 1.48. The van der Waals surface area contributed by atoms with Gasteiger partial charge in [-0.1, -0.05) is 20.8 Å². The quantitative estimate of drug-likeness (QED) is 0.570. The molecule has 2 heterocycles. The fraction of sp³-hybridized carbons (Fsp3) is 0.611. The van der Waals surface area contributed by atoms with Crippen molar-refractivity contribution < 1.29 is 0 Å². The first-order valence-electron chi connectivity index (χ1n) is 8.89. The monoisotopic (exact) mass is 373 g/mol. The molecule has 0 amide bonds. The second-order valence-corrected chi connectivity index (χ2v) is 8.18. The molecule has 7 nitrogen and oxygen atoms in total. The fourth-order valence-electron chi connectivity index (χ4n) is 2.79. The predicted octanol–water partition coefficient (Wildman–Crippen LogP) is 2.42. The molecule has 0 spiro atoms. The third kappa shape index (κ3) is 3.16. The third-order valence-corrected chi connectivity index (χ3v) is 5.97. The summed E-state index contributed by atoms with van der Waals surface area (Å²) in [5, 5.41) is 10.3. The first-order valence-corrected chi connectivity index (χ1v) is 9.87. The summed E-state index contributed by atoms with van der Waals surface area (Å²) < 4.78 is 2.68. The van der Waals surface area contributed by atoms with Gasteiger partial charge in [-0.25, -0.2) is 14.8 Å². The van der Waals surface area contributed by atoms with Gasteiger partial charge < -0.3 is 0 Å². The zero-order valence-corrected chi connectivity index (χ0v) is 16.4. The van der Waals surface area contributed by atoms with Crippen molar-refractivity contribution in [3.63, 3.8) is 0 Å². The molecule has 0 N–H and O–H groups in total. The fourth-order valence-corrected chi connectivity index (χ4v) is 4.03. The molecule has 0 atom stereocenters. The zero-order chi connectivity index (χ0) is 19.1. The van der Waals surface area contributed by atoms with Crippen LogP contribution in [0.2, 0.25) is 0 Å². The molecule has 8 heteroatoms. The molecule has 0 aromatic carbocycles. The van der Waals surface area contributed by atoms with Crippen LogP contribution >= 0.6 is 11.8 Å². The van der Waals surface area contributed by atoms with E-state index in [9.17, 15) is 14.9 Å². The maximum Gasteiger partial charge on any atom is 0.332 e. The Balaban J connectivity index is 2.26. The number of hydrogen-bond donors (Lipinski definition) is 0. The Morgan fingerprint density at radius 3 is 2.54 bits per heavy atom. The molecule has 0 aliphatic heterocycles. The van der Waals surface area contributed by atoms with E-state index in [0.29, 0.717) is 34.2 Å². The van der Waals surface area contributed by atoms with Crippen molar-refractivity contribution in [1.29, 1.82) is 5.26 Å². The van der Waals surface area contributed by atoms with Crippen LogP contribution in [-0.4, -0.2) is 24.9 Å². The highest BCUT2D eigenvalue weighted by Crippen LogP contribution is 2.48. The summed E-state index contributed by atoms with van der Waals surface area (Å²) in [6.45, 7) is 6.44. The van der Waals surface area contributed by atoms with Gasteiger partial charge in [-0.2, -0.15) is 5.26 Å². The molecule has 1 saturated carbocycles. The van der Waals surface area contributed by atoms with Gasteiger partial charge in [0, 0.05) is 25.3 Å². The van der Waals surface area contributed by atoms with Crippen LogP contribution in [0.5, 0.6) is 0 Å². The van der Waals surface area contributed by atoms with Gasteiger partial charge in [0.25, 0.3) is 5.56 Å². The number of rotatable bonds is 6. The van der Waals surface area contributed by atoms with Crippen LogP contribution in [0.1, 0.15) is 51.8 Å². The molecule has 1 fully saturated rings. The van der Waals surface area contributed by atoms with Crippen molar-refractivity contribution in [2.45, 2.75) is 57.5 Å². The van der Waals surface area contributed by atoms with Gasteiger partial charge >= 0.3 is 5.69 Å². The van der Waals surface area contributed by atoms with Crippen molar-refractivity contribution in [2.75, 3.05) is 5.75 Å². The van der Waals surface area contributed by atoms with E-state index < -0.39 is 0 Å². The Kier molecular flexibility index (Phi) is 4.93. The highest BCUT2D eigenvalue weighted by atomic mass is 32.2. The molecule has 3 rings (SSSR count). The Labute approximate surface area is 156 Å². The lowest BCUT2D eigenvalue weighted by atomic mass is 10.2. The summed E-state index contributed by atoms with van der Waals surface area (Å²) in [4.78, 5) is 34.6. The van der Waals surface area contributed by atoms with Gasteiger partial charge in [0.2, 0.25) is 0 Å². The van der Waals surface area contributed by atoms with Gasteiger partial charge in [0.1, 0.15) is 16.2 Å². The average molecular weight is 373 g/mol. The summed E-state index contributed by atoms with van der Waals surface area (Å²) in [5.74, 6) is 1.28. The lowest BCUT2D eigenvalue weighted by Crippen LogP contribution is -2.39. The Bertz CT molecular complexity index is 1010. The van der Waals surface area contributed by atoms with Gasteiger partial charge in [0.05, 0.1) is 11.5 Å². The molecule has 1 aliphatic rings. The summed E-state index contributed by atoms with van der Waals surface area (Å²) in [6, 6.07) is 2.37. The van der Waals surface area contributed by atoms with Gasteiger partial charge in [0.15, 0.2) is 5.65 Å². The minimum Gasteiger partial charge on any atom is -0.277 e. The molecule has 1 aliphatic carbocycles. The van der Waals surface area contributed by atoms with Crippen molar-refractivity contribution in [1.82, 2.24) is 19.1 Å². The maximum atomic E-state index is 12.8. The highest BCUT2D eigenvalue weighted by Gasteiger charge is 2.43. The number of aryl methyl sites for hydroxylation is 1. The molecule has 0 radical (unpaired) electrons. The first kappa shape index (κ1) is 18.6. The van der Waals surface area contributed by atoms with Gasteiger partial charge in [-0.05, 0) is 19.3 Å². The molecule has 26 heavy (non-hydrogen) atoms. The maximum absolute atomic E-state index is 12.8. The standard InChI is InChI=1S/C18H23N5O2S/c1-5-8-23-14-12(16(24)22(4)17(23)25)15(21-13(20-14)11(2)3)26-10-18(9-19)6-7-18/h11H,5-8,10H2,1-4H3. The Hall–Kier alpha value is -2.14. The van der Waals surface area contributed by atoms with E-state index in [-0.39, 0.29) is 22.6 Å². The van der Waals surface area contributed by atoms with E-state index in [1.807, 2.05) is 20.8 Å². The summed E-state index contributed by atoms with van der Waals surface area (Å²) in [6.07, 6.45) is 2.53. The van der Waals surface area contributed by atoms with Crippen LogP contribution < -0.4 is 11.2 Å². The number of aromatic nitrogens is 4. The summed E-state index contributed by atoms with van der Waals surface area (Å²) >= 11 is 1.43. The van der Waals surface area contributed by atoms with Crippen molar-refractivity contribution in [3.8, 4) is 6.07 Å². The molecule has 0 unspecified atom stereocenters. The van der Waals surface area contributed by atoms with Crippen LogP contribution in [0.25, 0.3) is 11.0 Å². The van der Waals surface area contributed by atoms with Crippen molar-refractivity contribution >= 4 is 22.8 Å². The number of fused-ring (bicyclic) bond motifs is 1. The van der Waals surface area contributed by atoms with Crippen LogP contribution in [0, 0.1) is 16.7 Å². The van der Waals surface area contributed by atoms with E-state index in [0.717, 1.165) is 23.8 Å². The molecule has 0 bridgehead atoms. The lowest BCUT2D eigenvalue weighted by Gasteiger charge is -2.15. The molecule has 2 aromatic heterocycles. The topological polar surface area (TPSA) is 93.6 Å². The van der Waals surface area contributed by atoms with E-state index >= 15 is 0 Å². The molecule has 2 aromatic rings. The van der Waals surface area contributed by atoms with Gasteiger partial charge in [-0.3, -0.25) is 13.9 Å². The Morgan fingerprint density at radius 2 is 2.00 bits per heavy atom. The van der Waals surface area contributed by atoms with Crippen LogP contribution in [0.15, 0.2) is 14.6 Å². The minimum atomic E-state index is -0.378. The van der Waals surface area contributed by atoms with Crippen molar-refractivity contribution in [3.05, 3.63) is 26.7 Å². The second-order valence-electron chi connectivity index (χ2n) is 7.22. The number of thioether (sulfide) groups is 1.